The van der Waals surface area contributed by atoms with Crippen LogP contribution in [0.5, 0.6) is 5.75 Å². The molecule has 0 heterocycles. The van der Waals surface area contributed by atoms with E-state index in [0.717, 1.165) is 0 Å². The maximum atomic E-state index is 11.9. The van der Waals surface area contributed by atoms with Crippen LogP contribution in [0.3, 0.4) is 0 Å². The lowest BCUT2D eigenvalue weighted by Gasteiger charge is -2.15. The maximum Gasteiger partial charge on any atom is 0.305 e. The number of benzene rings is 1. The molecule has 6 heteroatoms. The Morgan fingerprint density at radius 1 is 1.44 bits per heavy atom. The fraction of sp³-hybridized carbons (Fsp3) is 0.333. The van der Waals surface area contributed by atoms with E-state index in [-0.39, 0.29) is 17.7 Å². The van der Waals surface area contributed by atoms with Gasteiger partial charge in [-0.3, -0.25) is 9.59 Å². The molecule has 1 rings (SSSR count). The molecule has 1 unspecified atom stereocenters. The number of carboxylic acid groups (broad SMARTS) is 1. The summed E-state index contributed by atoms with van der Waals surface area (Å²) in [6.45, 7) is 1.79. The van der Waals surface area contributed by atoms with Crippen molar-refractivity contribution in [3.8, 4) is 5.75 Å². The summed E-state index contributed by atoms with van der Waals surface area (Å²) < 4.78 is 0.664. The lowest BCUT2D eigenvalue weighted by molar-refractivity contribution is -0.137. The molecule has 0 aromatic heterocycles. The van der Waals surface area contributed by atoms with Gasteiger partial charge in [0.25, 0.3) is 5.91 Å². The lowest BCUT2D eigenvalue weighted by Crippen LogP contribution is -2.36. The molecule has 0 aliphatic rings. The Balaban J connectivity index is 2.80. The summed E-state index contributed by atoms with van der Waals surface area (Å²) in [5.74, 6) is -1.59. The van der Waals surface area contributed by atoms with Gasteiger partial charge in [-0.15, -0.1) is 0 Å². The van der Waals surface area contributed by atoms with Gasteiger partial charge < -0.3 is 15.5 Å². The van der Waals surface area contributed by atoms with Crippen LogP contribution in [0.15, 0.2) is 22.7 Å². The predicted octanol–water partition coefficient (Wildman–Crippen LogP) is 2.14. The highest BCUT2D eigenvalue weighted by molar-refractivity contribution is 9.10. The summed E-state index contributed by atoms with van der Waals surface area (Å²) in [5, 5.41) is 20.8. The normalized spacial score (nSPS) is 11.9. The summed E-state index contributed by atoms with van der Waals surface area (Å²) in [5.41, 5.74) is 0.119. The highest BCUT2D eigenvalue weighted by atomic mass is 79.9. The number of hydrogen-bond acceptors (Lipinski definition) is 3. The Bertz CT molecular complexity index is 461. The van der Waals surface area contributed by atoms with Gasteiger partial charge in [-0.1, -0.05) is 22.9 Å². The van der Waals surface area contributed by atoms with Gasteiger partial charge in [0.15, 0.2) is 0 Å². The standard InChI is InChI=1S/C12H14BrNO4/c1-2-8(6-11(16)17)14-12(18)9-5-7(13)3-4-10(9)15/h3-5,8,15H,2,6H2,1H3,(H,14,18)(H,16,17). The van der Waals surface area contributed by atoms with Gasteiger partial charge in [-0.05, 0) is 24.6 Å². The van der Waals surface area contributed by atoms with Gasteiger partial charge in [0.2, 0.25) is 0 Å². The second-order valence-electron chi connectivity index (χ2n) is 3.84. The third kappa shape index (κ3) is 4.03. The first kappa shape index (κ1) is 14.5. The number of rotatable bonds is 5. The predicted molar refractivity (Wildman–Crippen MR) is 69.6 cm³/mol. The van der Waals surface area contributed by atoms with Crippen molar-refractivity contribution in [3.05, 3.63) is 28.2 Å². The van der Waals surface area contributed by atoms with Crippen molar-refractivity contribution in [2.75, 3.05) is 0 Å². The van der Waals surface area contributed by atoms with Crippen molar-refractivity contribution in [2.45, 2.75) is 25.8 Å². The molecular formula is C12H14BrNO4. The molecule has 5 nitrogen and oxygen atoms in total. The van der Waals surface area contributed by atoms with Crippen LogP contribution < -0.4 is 5.32 Å². The maximum absolute atomic E-state index is 11.9. The van der Waals surface area contributed by atoms with E-state index >= 15 is 0 Å². The van der Waals surface area contributed by atoms with Crippen LogP contribution in [-0.4, -0.2) is 28.1 Å². The van der Waals surface area contributed by atoms with Crippen molar-refractivity contribution in [1.29, 1.82) is 0 Å². The number of halogens is 1. The minimum atomic E-state index is -0.972. The zero-order valence-electron chi connectivity index (χ0n) is 9.81. The van der Waals surface area contributed by atoms with Crippen molar-refractivity contribution in [3.63, 3.8) is 0 Å². The number of aromatic hydroxyl groups is 1. The SMILES string of the molecule is CCC(CC(=O)O)NC(=O)c1cc(Br)ccc1O. The van der Waals surface area contributed by atoms with E-state index in [9.17, 15) is 14.7 Å². The zero-order chi connectivity index (χ0) is 13.7. The Morgan fingerprint density at radius 2 is 2.11 bits per heavy atom. The van der Waals surface area contributed by atoms with Gasteiger partial charge >= 0.3 is 5.97 Å². The third-order valence-electron chi connectivity index (χ3n) is 2.45. The molecule has 0 spiro atoms. The van der Waals surface area contributed by atoms with E-state index in [0.29, 0.717) is 10.9 Å². The average Bonchev–Trinajstić information content (AvgIpc) is 2.30. The minimum absolute atomic E-state index is 0.119. The molecule has 1 amide bonds. The molecule has 0 saturated carbocycles. The first-order valence-electron chi connectivity index (χ1n) is 5.45. The molecule has 0 saturated heterocycles. The van der Waals surface area contributed by atoms with Crippen LogP contribution in [0.1, 0.15) is 30.1 Å². The fourth-order valence-corrected chi connectivity index (χ4v) is 1.82. The highest BCUT2D eigenvalue weighted by Gasteiger charge is 2.17. The monoisotopic (exact) mass is 315 g/mol. The van der Waals surface area contributed by atoms with Gasteiger partial charge in [0.1, 0.15) is 5.75 Å². The molecule has 3 N–H and O–H groups in total. The van der Waals surface area contributed by atoms with E-state index < -0.39 is 17.9 Å². The largest absolute Gasteiger partial charge is 0.507 e. The zero-order valence-corrected chi connectivity index (χ0v) is 11.4. The van der Waals surface area contributed by atoms with E-state index in [1.165, 1.54) is 12.1 Å². The van der Waals surface area contributed by atoms with E-state index in [2.05, 4.69) is 21.2 Å². The molecule has 1 aromatic carbocycles. The van der Waals surface area contributed by atoms with Gasteiger partial charge in [0.05, 0.1) is 12.0 Å². The molecule has 0 fully saturated rings. The summed E-state index contributed by atoms with van der Waals surface area (Å²) >= 11 is 3.20. The van der Waals surface area contributed by atoms with Gasteiger partial charge in [0, 0.05) is 10.5 Å². The molecule has 18 heavy (non-hydrogen) atoms. The molecular weight excluding hydrogens is 302 g/mol. The Labute approximate surface area is 113 Å². The number of carbonyl (C=O) groups is 2. The van der Waals surface area contributed by atoms with Crippen LogP contribution in [0, 0.1) is 0 Å². The van der Waals surface area contributed by atoms with Crippen LogP contribution in [0.2, 0.25) is 0 Å². The second-order valence-corrected chi connectivity index (χ2v) is 4.75. The van der Waals surface area contributed by atoms with Crippen molar-refractivity contribution in [2.24, 2.45) is 0 Å². The summed E-state index contributed by atoms with van der Waals surface area (Å²) in [4.78, 5) is 22.5. The summed E-state index contributed by atoms with van der Waals surface area (Å²) in [6.07, 6.45) is 0.365. The van der Waals surface area contributed by atoms with Crippen molar-refractivity contribution < 1.29 is 19.8 Å². The Kier molecular flexibility index (Phi) is 5.15. The highest BCUT2D eigenvalue weighted by Crippen LogP contribution is 2.21. The molecule has 0 aliphatic heterocycles. The molecule has 0 aliphatic carbocycles. The summed E-state index contributed by atoms with van der Waals surface area (Å²) in [7, 11) is 0. The minimum Gasteiger partial charge on any atom is -0.507 e. The molecule has 0 radical (unpaired) electrons. The number of aliphatic carboxylic acids is 1. The number of carboxylic acids is 1. The first-order valence-corrected chi connectivity index (χ1v) is 6.24. The molecule has 1 atom stereocenters. The quantitative estimate of drug-likeness (QED) is 0.777. The number of hydrogen-bond donors (Lipinski definition) is 3. The van der Waals surface area contributed by atoms with E-state index in [1.54, 1.807) is 13.0 Å². The molecule has 98 valence electrons. The van der Waals surface area contributed by atoms with Crippen LogP contribution in [0.25, 0.3) is 0 Å². The number of phenols is 1. The lowest BCUT2D eigenvalue weighted by atomic mass is 10.1. The Hall–Kier alpha value is -1.56. The summed E-state index contributed by atoms with van der Waals surface area (Å²) in [6, 6.07) is 4.05. The number of amides is 1. The van der Waals surface area contributed by atoms with Crippen molar-refractivity contribution >= 4 is 27.8 Å². The third-order valence-corrected chi connectivity index (χ3v) is 2.95. The Morgan fingerprint density at radius 3 is 2.67 bits per heavy atom. The average molecular weight is 316 g/mol. The topological polar surface area (TPSA) is 86.6 Å². The molecule has 1 aromatic rings. The molecule has 0 bridgehead atoms. The van der Waals surface area contributed by atoms with Crippen LogP contribution in [-0.2, 0) is 4.79 Å². The second kappa shape index (κ2) is 6.39. The fourth-order valence-electron chi connectivity index (χ4n) is 1.46. The van der Waals surface area contributed by atoms with E-state index in [4.69, 9.17) is 5.11 Å². The van der Waals surface area contributed by atoms with Crippen LogP contribution in [0.4, 0.5) is 0 Å². The van der Waals surface area contributed by atoms with Gasteiger partial charge in [-0.25, -0.2) is 0 Å². The number of nitrogens with one attached hydrogen (secondary N) is 1. The van der Waals surface area contributed by atoms with E-state index in [1.807, 2.05) is 0 Å². The first-order chi connectivity index (χ1) is 8.43. The number of phenolic OH excluding ortho intramolecular Hbond substituents is 1. The van der Waals surface area contributed by atoms with Crippen molar-refractivity contribution in [1.82, 2.24) is 5.32 Å². The van der Waals surface area contributed by atoms with Gasteiger partial charge in [-0.2, -0.15) is 0 Å². The number of carbonyl (C=O) groups excluding carboxylic acids is 1. The van der Waals surface area contributed by atoms with Crippen LogP contribution >= 0.6 is 15.9 Å². The smallest absolute Gasteiger partial charge is 0.305 e.